The van der Waals surface area contributed by atoms with E-state index in [1.165, 1.54) is 22.9 Å². The number of fused-ring (bicyclic) bond motifs is 1. The van der Waals surface area contributed by atoms with E-state index in [0.29, 0.717) is 12.3 Å². The molecule has 1 N–H and O–H groups in total. The Bertz CT molecular complexity index is 1280. The summed E-state index contributed by atoms with van der Waals surface area (Å²) >= 11 is 4.46. The molecule has 4 aromatic rings. The number of anilines is 1. The van der Waals surface area contributed by atoms with Crippen LogP contribution in [0.1, 0.15) is 16.7 Å². The van der Waals surface area contributed by atoms with Crippen molar-refractivity contribution in [2.45, 2.75) is 12.8 Å². The molecular formula is C25H17F3I2N2O. The number of rotatable bonds is 6. The van der Waals surface area contributed by atoms with Crippen LogP contribution in [-0.4, -0.2) is 6.21 Å². The normalized spacial score (nSPS) is 11.8. The minimum atomic E-state index is -4.35. The number of nitrogens with one attached hydrogen (secondary N) is 1. The molecule has 8 heteroatoms. The number of alkyl halides is 3. The van der Waals surface area contributed by atoms with Gasteiger partial charge in [0.2, 0.25) is 0 Å². The van der Waals surface area contributed by atoms with E-state index in [4.69, 9.17) is 4.74 Å². The Morgan fingerprint density at radius 1 is 0.879 bits per heavy atom. The van der Waals surface area contributed by atoms with Crippen molar-refractivity contribution < 1.29 is 17.9 Å². The molecule has 0 fully saturated rings. The number of ether oxygens (including phenoxy) is 1. The van der Waals surface area contributed by atoms with E-state index in [9.17, 15) is 13.2 Å². The number of halogens is 5. The smallest absolute Gasteiger partial charge is 0.416 e. The standard InChI is InChI=1S/C25H17F3I2N2O/c26-25(27,28)19-8-10-20(11-9-19)32-31-14-16-12-22(29)24(23(30)13-16)33-15-18-6-3-5-17-4-1-2-7-21(17)18/h1-14,32H,15H2/b31-14+. The van der Waals surface area contributed by atoms with Gasteiger partial charge in [-0.2, -0.15) is 18.3 Å². The highest BCUT2D eigenvalue weighted by Gasteiger charge is 2.29. The maximum Gasteiger partial charge on any atom is 0.416 e. The fourth-order valence-corrected chi connectivity index (χ4v) is 5.40. The highest BCUT2D eigenvalue weighted by atomic mass is 127. The summed E-state index contributed by atoms with van der Waals surface area (Å²) in [7, 11) is 0. The molecular weight excluding hydrogens is 655 g/mol. The lowest BCUT2D eigenvalue weighted by Crippen LogP contribution is -2.04. The maximum atomic E-state index is 12.7. The van der Waals surface area contributed by atoms with Crippen LogP contribution >= 0.6 is 45.2 Å². The summed E-state index contributed by atoms with van der Waals surface area (Å²) in [5.74, 6) is 0.803. The van der Waals surface area contributed by atoms with E-state index in [2.05, 4.69) is 80.0 Å². The summed E-state index contributed by atoms with van der Waals surface area (Å²) in [5.41, 5.74) is 4.50. The molecule has 0 spiro atoms. The SMILES string of the molecule is FC(F)(F)c1ccc(N/N=C/c2cc(I)c(OCc3cccc4ccccc34)c(I)c2)cc1. The van der Waals surface area contributed by atoms with E-state index in [0.717, 1.165) is 36.1 Å². The molecule has 0 aliphatic heterocycles. The molecule has 3 nitrogen and oxygen atoms in total. The molecule has 0 atom stereocenters. The highest BCUT2D eigenvalue weighted by Crippen LogP contribution is 2.31. The van der Waals surface area contributed by atoms with E-state index in [1.807, 2.05) is 30.3 Å². The topological polar surface area (TPSA) is 33.6 Å². The van der Waals surface area contributed by atoms with Crippen LogP contribution in [0.5, 0.6) is 5.75 Å². The first-order valence-corrected chi connectivity index (χ1v) is 12.0. The van der Waals surface area contributed by atoms with Gasteiger partial charge in [0.25, 0.3) is 0 Å². The lowest BCUT2D eigenvalue weighted by atomic mass is 10.1. The Hall–Kier alpha value is -2.34. The second-order valence-electron chi connectivity index (χ2n) is 7.19. The van der Waals surface area contributed by atoms with Crippen molar-refractivity contribution in [2.75, 3.05) is 5.43 Å². The van der Waals surface area contributed by atoms with Crippen molar-refractivity contribution in [2.24, 2.45) is 5.10 Å². The molecule has 33 heavy (non-hydrogen) atoms. The quantitative estimate of drug-likeness (QED) is 0.128. The van der Waals surface area contributed by atoms with Crippen LogP contribution in [0.15, 0.2) is 84.0 Å². The molecule has 0 aromatic heterocycles. The number of benzene rings is 4. The third kappa shape index (κ3) is 5.97. The predicted octanol–water partition coefficient (Wildman–Crippen LogP) is 8.09. The molecule has 0 unspecified atom stereocenters. The first kappa shape index (κ1) is 23.8. The number of hydrogen-bond donors (Lipinski definition) is 1. The van der Waals surface area contributed by atoms with Crippen molar-refractivity contribution in [3.8, 4) is 5.75 Å². The molecule has 0 saturated heterocycles. The number of hydrogen-bond acceptors (Lipinski definition) is 3. The van der Waals surface area contributed by atoms with Crippen molar-refractivity contribution in [1.82, 2.24) is 0 Å². The zero-order chi connectivity index (χ0) is 23.4. The van der Waals surface area contributed by atoms with Gasteiger partial charge in [-0.3, -0.25) is 5.43 Å². The molecule has 0 bridgehead atoms. The average Bonchev–Trinajstić information content (AvgIpc) is 2.78. The molecule has 0 saturated carbocycles. The Morgan fingerprint density at radius 3 is 2.24 bits per heavy atom. The minimum absolute atomic E-state index is 0.455. The molecule has 0 heterocycles. The first-order valence-electron chi connectivity index (χ1n) is 9.86. The zero-order valence-electron chi connectivity index (χ0n) is 17.0. The molecule has 0 aliphatic rings. The van der Waals surface area contributed by atoms with E-state index < -0.39 is 11.7 Å². The molecule has 0 radical (unpaired) electrons. The van der Waals surface area contributed by atoms with E-state index in [1.54, 1.807) is 6.21 Å². The van der Waals surface area contributed by atoms with Crippen LogP contribution in [0.3, 0.4) is 0 Å². The fourth-order valence-electron chi connectivity index (χ4n) is 3.28. The van der Waals surface area contributed by atoms with Gasteiger partial charge in [-0.15, -0.1) is 0 Å². The second-order valence-corrected chi connectivity index (χ2v) is 9.51. The van der Waals surface area contributed by atoms with Gasteiger partial charge >= 0.3 is 6.18 Å². The molecule has 0 amide bonds. The lowest BCUT2D eigenvalue weighted by Gasteiger charge is -2.13. The molecule has 168 valence electrons. The monoisotopic (exact) mass is 672 g/mol. The van der Waals surface area contributed by atoms with Gasteiger partial charge in [-0.1, -0.05) is 42.5 Å². The minimum Gasteiger partial charge on any atom is -0.487 e. The van der Waals surface area contributed by atoms with Crippen LogP contribution in [0.2, 0.25) is 0 Å². The van der Waals surface area contributed by atoms with Gasteiger partial charge in [-0.25, -0.2) is 0 Å². The molecule has 4 aromatic carbocycles. The average molecular weight is 672 g/mol. The Morgan fingerprint density at radius 2 is 1.55 bits per heavy atom. The fraction of sp³-hybridized carbons (Fsp3) is 0.0800. The Kier molecular flexibility index (Phi) is 7.42. The van der Waals surface area contributed by atoms with Crippen LogP contribution in [0.25, 0.3) is 10.8 Å². The summed E-state index contributed by atoms with van der Waals surface area (Å²) in [4.78, 5) is 0. The lowest BCUT2D eigenvalue weighted by molar-refractivity contribution is -0.137. The van der Waals surface area contributed by atoms with Crippen molar-refractivity contribution in [1.29, 1.82) is 0 Å². The van der Waals surface area contributed by atoms with Crippen molar-refractivity contribution >= 4 is 67.9 Å². The zero-order valence-corrected chi connectivity index (χ0v) is 21.4. The largest absolute Gasteiger partial charge is 0.487 e. The Labute approximate surface area is 216 Å². The van der Waals surface area contributed by atoms with Gasteiger partial charge in [0.05, 0.1) is 24.6 Å². The van der Waals surface area contributed by atoms with Crippen LogP contribution in [0, 0.1) is 7.14 Å². The molecule has 0 aliphatic carbocycles. The third-order valence-corrected chi connectivity index (χ3v) is 6.49. The van der Waals surface area contributed by atoms with Gasteiger partial charge in [-0.05, 0) is 103 Å². The van der Waals surface area contributed by atoms with Crippen molar-refractivity contribution in [3.63, 3.8) is 0 Å². The van der Waals surface area contributed by atoms with E-state index in [-0.39, 0.29) is 0 Å². The van der Waals surface area contributed by atoms with Gasteiger partial charge in [0, 0.05) is 0 Å². The van der Waals surface area contributed by atoms with Gasteiger partial charge < -0.3 is 4.74 Å². The summed E-state index contributed by atoms with van der Waals surface area (Å²) < 4.78 is 46.0. The highest BCUT2D eigenvalue weighted by molar-refractivity contribution is 14.1. The first-order chi connectivity index (χ1) is 15.8. The van der Waals surface area contributed by atoms with Gasteiger partial charge in [0.1, 0.15) is 12.4 Å². The van der Waals surface area contributed by atoms with Gasteiger partial charge in [0.15, 0.2) is 0 Å². The van der Waals surface area contributed by atoms with Crippen LogP contribution in [0.4, 0.5) is 18.9 Å². The van der Waals surface area contributed by atoms with E-state index >= 15 is 0 Å². The Balaban J connectivity index is 1.43. The van der Waals surface area contributed by atoms with Crippen LogP contribution < -0.4 is 10.2 Å². The van der Waals surface area contributed by atoms with Crippen molar-refractivity contribution in [3.05, 3.63) is 103 Å². The second kappa shape index (κ2) is 10.3. The maximum absolute atomic E-state index is 12.7. The summed E-state index contributed by atoms with van der Waals surface area (Å²) in [5, 5.41) is 6.49. The predicted molar refractivity (Wildman–Crippen MR) is 143 cm³/mol. The summed E-state index contributed by atoms with van der Waals surface area (Å²) in [6, 6.07) is 23.0. The third-order valence-electron chi connectivity index (χ3n) is 4.89. The molecule has 4 rings (SSSR count). The number of hydrazone groups is 1. The van der Waals surface area contributed by atoms with Crippen LogP contribution in [-0.2, 0) is 12.8 Å². The number of nitrogens with zero attached hydrogens (tertiary/aromatic N) is 1. The summed E-state index contributed by atoms with van der Waals surface area (Å²) in [6.07, 6.45) is -2.73. The summed E-state index contributed by atoms with van der Waals surface area (Å²) in [6.45, 7) is 0.455.